The third-order valence-electron chi connectivity index (χ3n) is 5.85. The van der Waals surface area contributed by atoms with Gasteiger partial charge in [0.25, 0.3) is 0 Å². The number of halogens is 3. The predicted molar refractivity (Wildman–Crippen MR) is 108 cm³/mol. The van der Waals surface area contributed by atoms with E-state index in [1.807, 2.05) is 6.92 Å². The normalized spacial score (nSPS) is 22.0. The lowest BCUT2D eigenvalue weighted by Crippen LogP contribution is -2.48. The van der Waals surface area contributed by atoms with E-state index in [-0.39, 0.29) is 17.9 Å². The second-order valence-electron chi connectivity index (χ2n) is 8.61. The Labute approximate surface area is 183 Å². The number of nitro groups is 1. The molecule has 1 unspecified atom stereocenters. The van der Waals surface area contributed by atoms with E-state index in [0.717, 1.165) is 32.0 Å². The molecule has 0 saturated carbocycles. The van der Waals surface area contributed by atoms with Crippen molar-refractivity contribution in [3.8, 4) is 6.01 Å². The molecule has 3 heterocycles. The van der Waals surface area contributed by atoms with Gasteiger partial charge in [0.2, 0.25) is 0 Å². The van der Waals surface area contributed by atoms with Crippen molar-refractivity contribution in [2.75, 3.05) is 26.2 Å². The Kier molecular flexibility index (Phi) is 6.13. The average Bonchev–Trinajstić information content (AvgIpc) is 3.24. The summed E-state index contributed by atoms with van der Waals surface area (Å²) in [4.78, 5) is 16.5. The Bertz CT molecular complexity index is 947. The number of piperidine rings is 1. The van der Waals surface area contributed by atoms with Crippen LogP contribution in [0.15, 0.2) is 30.5 Å². The molecule has 1 aromatic heterocycles. The second-order valence-corrected chi connectivity index (χ2v) is 8.61. The predicted octanol–water partition coefficient (Wildman–Crippen LogP) is 3.68. The van der Waals surface area contributed by atoms with Gasteiger partial charge in [-0.05, 0) is 42.7 Å². The van der Waals surface area contributed by atoms with Crippen LogP contribution >= 0.6 is 0 Å². The molecule has 2 aromatic rings. The first-order valence-electron chi connectivity index (χ1n) is 10.5. The number of hydrogen-bond donors (Lipinski definition) is 0. The van der Waals surface area contributed by atoms with Crippen LogP contribution in [0.1, 0.15) is 30.9 Å². The van der Waals surface area contributed by atoms with Crippen molar-refractivity contribution in [3.63, 3.8) is 0 Å². The molecule has 2 aliphatic heterocycles. The van der Waals surface area contributed by atoms with Crippen LogP contribution in [-0.4, -0.2) is 57.3 Å². The van der Waals surface area contributed by atoms with E-state index >= 15 is 0 Å². The fourth-order valence-corrected chi connectivity index (χ4v) is 4.32. The summed E-state index contributed by atoms with van der Waals surface area (Å²) in [5.74, 6) is -0.217. The van der Waals surface area contributed by atoms with Gasteiger partial charge in [-0.2, -0.15) is 13.2 Å². The molecule has 0 radical (unpaired) electrons. The van der Waals surface area contributed by atoms with Crippen LogP contribution in [-0.2, 0) is 23.9 Å². The summed E-state index contributed by atoms with van der Waals surface area (Å²) in [6.45, 7) is 5.14. The van der Waals surface area contributed by atoms with Crippen molar-refractivity contribution in [2.45, 2.75) is 50.6 Å². The molecule has 0 N–H and O–H groups in total. The topological polar surface area (TPSA) is 82.7 Å². The summed E-state index contributed by atoms with van der Waals surface area (Å²) in [6, 6.07) is 5.62. The minimum absolute atomic E-state index is 0.0763. The van der Waals surface area contributed by atoms with E-state index in [0.29, 0.717) is 31.7 Å². The van der Waals surface area contributed by atoms with E-state index in [1.165, 1.54) is 18.3 Å². The van der Waals surface area contributed by atoms with Crippen molar-refractivity contribution in [3.05, 3.63) is 51.7 Å². The minimum Gasteiger partial charge on any atom is -0.436 e. The van der Waals surface area contributed by atoms with E-state index < -0.39 is 22.3 Å². The molecule has 174 valence electrons. The van der Waals surface area contributed by atoms with Gasteiger partial charge in [0, 0.05) is 24.6 Å². The molecule has 32 heavy (non-hydrogen) atoms. The summed E-state index contributed by atoms with van der Waals surface area (Å²) >= 11 is 0. The molecule has 1 saturated heterocycles. The lowest BCUT2D eigenvalue weighted by molar-refractivity contribution is -0.389. The van der Waals surface area contributed by atoms with Crippen LogP contribution in [0.2, 0.25) is 0 Å². The van der Waals surface area contributed by atoms with Crippen LogP contribution in [0.5, 0.6) is 6.01 Å². The molecule has 1 atom stereocenters. The summed E-state index contributed by atoms with van der Waals surface area (Å²) in [7, 11) is 0. The van der Waals surface area contributed by atoms with E-state index in [4.69, 9.17) is 9.47 Å². The summed E-state index contributed by atoms with van der Waals surface area (Å²) in [5, 5.41) is 10.8. The van der Waals surface area contributed by atoms with Crippen LogP contribution < -0.4 is 4.74 Å². The molecular formula is C21H25F3N4O4. The zero-order chi connectivity index (χ0) is 22.9. The standard InChI is InChI=1S/C21H25F3N4O4/c1-20(14-27-12-18(28(29)30)25-19(27)32-20)13-26-8-5-17(6-9-26)31-10-7-15-3-2-4-16(11-15)21(22,23)24/h2-4,11-12,17H,5-10,13-14H2,1H3. The molecule has 11 heteroatoms. The van der Waals surface area contributed by atoms with Gasteiger partial charge in [0.15, 0.2) is 0 Å². The molecule has 0 amide bonds. The molecule has 0 bridgehead atoms. The molecular weight excluding hydrogens is 429 g/mol. The summed E-state index contributed by atoms with van der Waals surface area (Å²) in [5.41, 5.74) is -0.530. The van der Waals surface area contributed by atoms with Gasteiger partial charge in [-0.25, -0.2) is 0 Å². The highest BCUT2D eigenvalue weighted by molar-refractivity contribution is 5.26. The maximum Gasteiger partial charge on any atom is 0.416 e. The number of aromatic nitrogens is 2. The molecule has 4 rings (SSSR count). The van der Waals surface area contributed by atoms with E-state index in [2.05, 4.69) is 9.88 Å². The number of hydrogen-bond acceptors (Lipinski definition) is 6. The van der Waals surface area contributed by atoms with Gasteiger partial charge in [-0.1, -0.05) is 18.2 Å². The van der Waals surface area contributed by atoms with E-state index in [9.17, 15) is 23.3 Å². The molecule has 8 nitrogen and oxygen atoms in total. The Morgan fingerprint density at radius 2 is 2.09 bits per heavy atom. The third-order valence-corrected chi connectivity index (χ3v) is 5.85. The number of ether oxygens (including phenoxy) is 2. The van der Waals surface area contributed by atoms with Crippen LogP contribution in [0, 0.1) is 10.1 Å². The zero-order valence-corrected chi connectivity index (χ0v) is 17.7. The first-order chi connectivity index (χ1) is 15.1. The lowest BCUT2D eigenvalue weighted by Gasteiger charge is -2.36. The van der Waals surface area contributed by atoms with Gasteiger partial charge >= 0.3 is 18.0 Å². The zero-order valence-electron chi connectivity index (χ0n) is 17.7. The summed E-state index contributed by atoms with van der Waals surface area (Å²) < 4.78 is 51.9. The summed E-state index contributed by atoms with van der Waals surface area (Å²) in [6.07, 6.45) is -0.772. The smallest absolute Gasteiger partial charge is 0.416 e. The second kappa shape index (κ2) is 8.70. The fraction of sp³-hybridized carbons (Fsp3) is 0.571. The van der Waals surface area contributed by atoms with Crippen molar-refractivity contribution >= 4 is 5.82 Å². The van der Waals surface area contributed by atoms with Crippen molar-refractivity contribution in [2.24, 2.45) is 0 Å². The Balaban J connectivity index is 1.20. The lowest BCUT2D eigenvalue weighted by atomic mass is 10.0. The molecule has 1 fully saturated rings. The number of nitrogens with zero attached hydrogens (tertiary/aromatic N) is 4. The van der Waals surface area contributed by atoms with Gasteiger partial charge in [0.05, 0.1) is 24.8 Å². The number of benzene rings is 1. The highest BCUT2D eigenvalue weighted by Crippen LogP contribution is 2.32. The van der Waals surface area contributed by atoms with Gasteiger partial charge < -0.3 is 19.6 Å². The highest BCUT2D eigenvalue weighted by atomic mass is 19.4. The number of alkyl halides is 3. The van der Waals surface area contributed by atoms with Crippen molar-refractivity contribution in [1.29, 1.82) is 0 Å². The number of rotatable bonds is 7. The molecule has 0 aliphatic carbocycles. The monoisotopic (exact) mass is 454 g/mol. The average molecular weight is 454 g/mol. The van der Waals surface area contributed by atoms with Crippen molar-refractivity contribution < 1.29 is 27.6 Å². The van der Waals surface area contributed by atoms with Crippen molar-refractivity contribution in [1.82, 2.24) is 14.5 Å². The van der Waals surface area contributed by atoms with Crippen LogP contribution in [0.3, 0.4) is 0 Å². The van der Waals surface area contributed by atoms with E-state index in [1.54, 1.807) is 10.6 Å². The number of likely N-dealkylation sites (tertiary alicyclic amines) is 1. The molecule has 1 aromatic carbocycles. The molecule has 2 aliphatic rings. The Hall–Kier alpha value is -2.66. The first-order valence-corrected chi connectivity index (χ1v) is 10.5. The Morgan fingerprint density at radius 3 is 2.75 bits per heavy atom. The maximum absolute atomic E-state index is 12.8. The van der Waals surface area contributed by atoms with Crippen LogP contribution in [0.4, 0.5) is 19.0 Å². The highest BCUT2D eigenvalue weighted by Gasteiger charge is 2.42. The molecule has 0 spiro atoms. The van der Waals surface area contributed by atoms with Gasteiger partial charge in [-0.15, -0.1) is 0 Å². The van der Waals surface area contributed by atoms with Gasteiger partial charge in [0.1, 0.15) is 11.8 Å². The fourth-order valence-electron chi connectivity index (χ4n) is 4.32. The first kappa shape index (κ1) is 22.5. The minimum atomic E-state index is -4.34. The number of fused-ring (bicyclic) bond motifs is 1. The third kappa shape index (κ3) is 5.21. The number of imidazole rings is 1. The maximum atomic E-state index is 12.8. The van der Waals surface area contributed by atoms with Crippen LogP contribution in [0.25, 0.3) is 0 Å². The Morgan fingerprint density at radius 1 is 1.34 bits per heavy atom. The van der Waals surface area contributed by atoms with Gasteiger partial charge in [-0.3, -0.25) is 9.47 Å². The quantitative estimate of drug-likeness (QED) is 0.469. The largest absolute Gasteiger partial charge is 0.436 e. The SMILES string of the molecule is CC1(CN2CCC(OCCc3cccc(C(F)(F)F)c3)CC2)Cn2cc([N+](=O)[O-])nc2O1.